The molecule has 0 unspecified atom stereocenters. The maximum absolute atomic E-state index is 9.51. The Morgan fingerprint density at radius 2 is 1.88 bits per heavy atom. The van der Waals surface area contributed by atoms with Gasteiger partial charge in [-0.1, -0.05) is 18.2 Å². The Kier molecular flexibility index (Phi) is 5.29. The Morgan fingerprint density at radius 3 is 2.54 bits per heavy atom. The largest absolute Gasteiger partial charge is 0.508 e. The summed E-state index contributed by atoms with van der Waals surface area (Å²) in [7, 11) is 0. The summed E-state index contributed by atoms with van der Waals surface area (Å²) >= 11 is 1.70. The molecule has 0 bridgehead atoms. The van der Waals surface area contributed by atoms with Crippen molar-refractivity contribution in [2.45, 2.75) is 36.5 Å². The molecule has 3 rings (SSSR count). The van der Waals surface area contributed by atoms with Gasteiger partial charge in [-0.2, -0.15) is 10.4 Å². The zero-order chi connectivity index (χ0) is 18.6. The first-order valence-electron chi connectivity index (χ1n) is 8.25. The van der Waals surface area contributed by atoms with Gasteiger partial charge in [0.25, 0.3) is 0 Å². The second-order valence-electron chi connectivity index (χ2n) is 6.65. The molecule has 3 aromatic rings. The molecule has 6 heteroatoms. The van der Waals surface area contributed by atoms with Gasteiger partial charge in [-0.05, 0) is 54.8 Å². The number of nitriles is 1. The minimum atomic E-state index is -0.559. The Morgan fingerprint density at radius 1 is 1.15 bits per heavy atom. The van der Waals surface area contributed by atoms with Crippen molar-refractivity contribution in [3.8, 4) is 11.8 Å². The summed E-state index contributed by atoms with van der Waals surface area (Å²) in [5, 5.41) is 23.1. The van der Waals surface area contributed by atoms with Crippen molar-refractivity contribution in [2.24, 2.45) is 0 Å². The molecule has 132 valence electrons. The predicted molar refractivity (Wildman–Crippen MR) is 102 cm³/mol. The first-order chi connectivity index (χ1) is 12.5. The van der Waals surface area contributed by atoms with Crippen LogP contribution in [0.3, 0.4) is 0 Å². The van der Waals surface area contributed by atoms with Gasteiger partial charge in [0.05, 0.1) is 18.0 Å². The highest BCUT2D eigenvalue weighted by Crippen LogP contribution is 2.29. The monoisotopic (exact) mass is 364 g/mol. The molecule has 0 saturated heterocycles. The van der Waals surface area contributed by atoms with Gasteiger partial charge in [0.15, 0.2) is 0 Å². The number of aromatic nitrogens is 3. The van der Waals surface area contributed by atoms with Gasteiger partial charge in [0.2, 0.25) is 0 Å². The third kappa shape index (κ3) is 4.44. The van der Waals surface area contributed by atoms with Gasteiger partial charge in [-0.3, -0.25) is 0 Å². The van der Waals surface area contributed by atoms with Crippen LogP contribution < -0.4 is 0 Å². The molecule has 2 aromatic carbocycles. The third-order valence-corrected chi connectivity index (χ3v) is 5.19. The van der Waals surface area contributed by atoms with Crippen LogP contribution in [0.25, 0.3) is 0 Å². The number of benzene rings is 2. The summed E-state index contributed by atoms with van der Waals surface area (Å²) in [5.41, 5.74) is 2.69. The molecule has 1 aromatic heterocycles. The summed E-state index contributed by atoms with van der Waals surface area (Å²) in [6.07, 6.45) is 3.21. The van der Waals surface area contributed by atoms with Crippen LogP contribution in [-0.4, -0.2) is 19.9 Å². The van der Waals surface area contributed by atoms with Crippen molar-refractivity contribution in [3.05, 3.63) is 71.8 Å². The topological polar surface area (TPSA) is 74.7 Å². The Bertz CT molecular complexity index is 912. The first-order valence-corrected chi connectivity index (χ1v) is 9.24. The number of aromatic hydroxyl groups is 1. The number of rotatable bonds is 6. The summed E-state index contributed by atoms with van der Waals surface area (Å²) in [6, 6.07) is 15.9. The molecule has 0 spiro atoms. The van der Waals surface area contributed by atoms with Gasteiger partial charge in [0.1, 0.15) is 18.4 Å². The molecule has 1 heterocycles. The maximum Gasteiger partial charge on any atom is 0.137 e. The predicted octanol–water partition coefficient (Wildman–Crippen LogP) is 4.13. The lowest BCUT2D eigenvalue weighted by Gasteiger charge is -2.19. The molecule has 0 aliphatic carbocycles. The number of nitrogens with zero attached hydrogens (tertiary/aromatic N) is 4. The SMILES string of the molecule is CC(C)(C#N)c1cc(CSc2ccc(O)cc2)cc(Cn2cncn2)c1. The summed E-state index contributed by atoms with van der Waals surface area (Å²) in [5.74, 6) is 1.05. The zero-order valence-electron chi connectivity index (χ0n) is 14.8. The summed E-state index contributed by atoms with van der Waals surface area (Å²) < 4.78 is 1.77. The van der Waals surface area contributed by atoms with E-state index in [0.717, 1.165) is 27.3 Å². The van der Waals surface area contributed by atoms with Crippen molar-refractivity contribution in [1.82, 2.24) is 14.8 Å². The smallest absolute Gasteiger partial charge is 0.137 e. The van der Waals surface area contributed by atoms with Crippen molar-refractivity contribution in [2.75, 3.05) is 0 Å². The van der Waals surface area contributed by atoms with Gasteiger partial charge >= 0.3 is 0 Å². The lowest BCUT2D eigenvalue weighted by atomic mass is 9.84. The fourth-order valence-corrected chi connectivity index (χ4v) is 3.40. The van der Waals surface area contributed by atoms with E-state index in [-0.39, 0.29) is 5.75 Å². The van der Waals surface area contributed by atoms with Crippen molar-refractivity contribution in [1.29, 1.82) is 5.26 Å². The summed E-state index contributed by atoms with van der Waals surface area (Å²) in [6.45, 7) is 4.48. The number of thioether (sulfide) groups is 1. The van der Waals surface area contributed by atoms with Crippen molar-refractivity contribution in [3.63, 3.8) is 0 Å². The number of phenols is 1. The molecule has 5 nitrogen and oxygen atoms in total. The van der Waals surface area contributed by atoms with E-state index in [0.29, 0.717) is 6.54 Å². The van der Waals surface area contributed by atoms with E-state index in [9.17, 15) is 10.4 Å². The fraction of sp³-hybridized carbons (Fsp3) is 0.250. The minimum Gasteiger partial charge on any atom is -0.508 e. The molecular formula is C20H20N4OS. The lowest BCUT2D eigenvalue weighted by molar-refractivity contribution is 0.475. The average Bonchev–Trinajstić information content (AvgIpc) is 3.14. The van der Waals surface area contributed by atoms with Gasteiger partial charge < -0.3 is 5.11 Å². The van der Waals surface area contributed by atoms with Crippen LogP contribution in [0.5, 0.6) is 5.75 Å². The van der Waals surface area contributed by atoms with Crippen LogP contribution in [0.1, 0.15) is 30.5 Å². The molecule has 0 amide bonds. The van der Waals surface area contributed by atoms with E-state index in [2.05, 4.69) is 34.4 Å². The van der Waals surface area contributed by atoms with E-state index < -0.39 is 5.41 Å². The van der Waals surface area contributed by atoms with Crippen LogP contribution in [0.4, 0.5) is 0 Å². The molecule has 26 heavy (non-hydrogen) atoms. The molecule has 0 fully saturated rings. The van der Waals surface area contributed by atoms with E-state index in [1.807, 2.05) is 26.0 Å². The van der Waals surface area contributed by atoms with E-state index in [1.165, 1.54) is 6.33 Å². The van der Waals surface area contributed by atoms with Crippen LogP contribution in [0, 0.1) is 11.3 Å². The third-order valence-electron chi connectivity index (χ3n) is 4.11. The molecule has 0 aliphatic heterocycles. The van der Waals surface area contributed by atoms with E-state index >= 15 is 0 Å². The van der Waals surface area contributed by atoms with Crippen LogP contribution in [0.15, 0.2) is 60.0 Å². The molecule has 0 atom stereocenters. The van der Waals surface area contributed by atoms with Crippen LogP contribution >= 0.6 is 11.8 Å². The van der Waals surface area contributed by atoms with Gasteiger partial charge in [-0.25, -0.2) is 9.67 Å². The average molecular weight is 364 g/mol. The Hall–Kier alpha value is -2.78. The van der Waals surface area contributed by atoms with E-state index in [4.69, 9.17) is 0 Å². The highest BCUT2D eigenvalue weighted by molar-refractivity contribution is 7.98. The molecule has 0 aliphatic rings. The highest BCUT2D eigenvalue weighted by Gasteiger charge is 2.21. The van der Waals surface area contributed by atoms with Gasteiger partial charge in [-0.15, -0.1) is 11.8 Å². The fourth-order valence-electron chi connectivity index (χ4n) is 2.57. The van der Waals surface area contributed by atoms with Crippen molar-refractivity contribution < 1.29 is 5.11 Å². The summed E-state index contributed by atoms with van der Waals surface area (Å²) in [4.78, 5) is 5.07. The zero-order valence-corrected chi connectivity index (χ0v) is 15.6. The Labute approximate surface area is 157 Å². The molecular weight excluding hydrogens is 344 g/mol. The number of hydrogen-bond donors (Lipinski definition) is 1. The molecule has 0 saturated carbocycles. The second kappa shape index (κ2) is 7.63. The van der Waals surface area contributed by atoms with Crippen LogP contribution in [0.2, 0.25) is 0 Å². The maximum atomic E-state index is 9.51. The minimum absolute atomic E-state index is 0.266. The van der Waals surface area contributed by atoms with Crippen LogP contribution in [-0.2, 0) is 17.7 Å². The molecule has 0 radical (unpaired) electrons. The van der Waals surface area contributed by atoms with Crippen molar-refractivity contribution >= 4 is 11.8 Å². The standard InChI is InChI=1S/C20H20N4OS/c1-20(2,12-21)17-8-15(10-24-14-22-13-23-24)7-16(9-17)11-26-19-5-3-18(25)4-6-19/h3-9,13-14,25H,10-11H2,1-2H3. The quantitative estimate of drug-likeness (QED) is 0.666. The molecule has 1 N–H and O–H groups in total. The van der Waals surface area contributed by atoms with E-state index in [1.54, 1.807) is 34.9 Å². The normalized spacial score (nSPS) is 11.3. The Balaban J connectivity index is 1.86. The lowest BCUT2D eigenvalue weighted by Crippen LogP contribution is -2.15. The number of phenolic OH excluding ortho intramolecular Hbond substituents is 1. The highest BCUT2D eigenvalue weighted by atomic mass is 32.2. The first kappa shape index (κ1) is 18.0. The number of hydrogen-bond acceptors (Lipinski definition) is 5. The van der Waals surface area contributed by atoms with Gasteiger partial charge in [0, 0.05) is 10.6 Å². The second-order valence-corrected chi connectivity index (χ2v) is 7.70.